The number of aromatic nitrogens is 1. The average Bonchev–Trinajstić information content (AvgIpc) is 2.48. The summed E-state index contributed by atoms with van der Waals surface area (Å²) < 4.78 is 27.9. The van der Waals surface area contributed by atoms with Crippen LogP contribution in [0.1, 0.15) is 41.9 Å². The number of fused-ring (bicyclic) bond motifs is 2. The highest BCUT2D eigenvalue weighted by Crippen LogP contribution is 2.32. The van der Waals surface area contributed by atoms with E-state index in [0.29, 0.717) is 17.2 Å². The predicted molar refractivity (Wildman–Crippen MR) is 79.0 cm³/mol. The van der Waals surface area contributed by atoms with Gasteiger partial charge in [-0.15, -0.1) is 0 Å². The number of carbonyl (C=O) groups is 1. The van der Waals surface area contributed by atoms with Gasteiger partial charge >= 0.3 is 5.97 Å². The second-order valence-electron chi connectivity index (χ2n) is 6.27. The molecule has 1 heterocycles. The fraction of sp³-hybridized carbons (Fsp3) is 0.412. The van der Waals surface area contributed by atoms with E-state index < -0.39 is 23.2 Å². The molecule has 1 aliphatic rings. The molecule has 1 aliphatic carbocycles. The van der Waals surface area contributed by atoms with E-state index in [1.807, 2.05) is 0 Å². The first-order chi connectivity index (χ1) is 10.4. The number of nitrogens with zero attached hydrogens (tertiary/aromatic N) is 1. The molecule has 0 bridgehead atoms. The summed E-state index contributed by atoms with van der Waals surface area (Å²) >= 11 is 0. The third-order valence-electron chi connectivity index (χ3n) is 4.56. The van der Waals surface area contributed by atoms with E-state index >= 15 is 0 Å². The maximum absolute atomic E-state index is 14.1. The van der Waals surface area contributed by atoms with Crippen LogP contribution in [0.5, 0.6) is 0 Å². The van der Waals surface area contributed by atoms with Crippen molar-refractivity contribution >= 4 is 16.9 Å². The van der Waals surface area contributed by atoms with Gasteiger partial charge in [0.15, 0.2) is 11.6 Å². The first kappa shape index (κ1) is 14.9. The van der Waals surface area contributed by atoms with E-state index in [2.05, 4.69) is 18.8 Å². The number of carboxylic acid groups (broad SMARTS) is 1. The highest BCUT2D eigenvalue weighted by atomic mass is 19.2. The molecule has 1 atom stereocenters. The van der Waals surface area contributed by atoms with Gasteiger partial charge in [0.25, 0.3) is 0 Å². The Hall–Kier alpha value is -2.04. The van der Waals surface area contributed by atoms with Crippen LogP contribution in [0.3, 0.4) is 0 Å². The second-order valence-corrected chi connectivity index (χ2v) is 6.27. The number of aromatic carboxylic acids is 1. The first-order valence-corrected chi connectivity index (χ1v) is 7.42. The highest BCUT2D eigenvalue weighted by Gasteiger charge is 2.25. The molecule has 22 heavy (non-hydrogen) atoms. The molecule has 116 valence electrons. The number of rotatable bonds is 2. The molecule has 0 saturated heterocycles. The van der Waals surface area contributed by atoms with Crippen molar-refractivity contribution < 1.29 is 18.7 Å². The molecule has 1 aromatic heterocycles. The molecular formula is C17H17F2NO2. The topological polar surface area (TPSA) is 50.2 Å². The van der Waals surface area contributed by atoms with Gasteiger partial charge in [-0.25, -0.2) is 18.6 Å². The summed E-state index contributed by atoms with van der Waals surface area (Å²) in [5, 5.41) is 9.32. The van der Waals surface area contributed by atoms with Gasteiger partial charge in [0.05, 0.1) is 5.56 Å². The van der Waals surface area contributed by atoms with Crippen molar-refractivity contribution in [2.24, 2.45) is 11.8 Å². The van der Waals surface area contributed by atoms with E-state index in [9.17, 15) is 13.6 Å². The summed E-state index contributed by atoms with van der Waals surface area (Å²) in [7, 11) is 0. The van der Waals surface area contributed by atoms with Crippen LogP contribution in [0, 0.1) is 23.5 Å². The minimum atomic E-state index is -1.48. The van der Waals surface area contributed by atoms with Crippen molar-refractivity contribution in [1.82, 2.24) is 4.98 Å². The molecule has 0 spiro atoms. The van der Waals surface area contributed by atoms with Crippen LogP contribution in [0.25, 0.3) is 10.9 Å². The summed E-state index contributed by atoms with van der Waals surface area (Å²) in [6, 6.07) is 2.93. The van der Waals surface area contributed by atoms with Crippen LogP contribution >= 0.6 is 0 Å². The van der Waals surface area contributed by atoms with Crippen LogP contribution in [-0.4, -0.2) is 16.1 Å². The standard InChI is InChI=1S/C17H17F2NO2/c1-8(2)9-3-4-13-10(5-9)6-11-7-12(17(21)22)14(18)15(19)16(11)20-13/h6-9H,3-5H2,1-2H3,(H,21,22). The molecule has 0 saturated carbocycles. The van der Waals surface area contributed by atoms with E-state index in [1.165, 1.54) is 6.07 Å². The number of carboxylic acids is 1. The maximum atomic E-state index is 14.1. The maximum Gasteiger partial charge on any atom is 0.338 e. The molecule has 3 rings (SSSR count). The Balaban J connectivity index is 2.17. The third kappa shape index (κ3) is 2.34. The Morgan fingerprint density at radius 2 is 2.05 bits per heavy atom. The molecule has 3 nitrogen and oxygen atoms in total. The lowest BCUT2D eigenvalue weighted by molar-refractivity contribution is 0.0691. The molecule has 1 N–H and O–H groups in total. The SMILES string of the molecule is CC(C)C1CCc2nc3c(F)c(F)c(C(=O)O)cc3cc2C1. The molecule has 5 heteroatoms. The lowest BCUT2D eigenvalue weighted by Crippen LogP contribution is -2.20. The second kappa shape index (κ2) is 5.30. The summed E-state index contributed by atoms with van der Waals surface area (Å²) in [6.07, 6.45) is 2.58. The number of pyridine rings is 1. The van der Waals surface area contributed by atoms with Crippen LogP contribution in [0.2, 0.25) is 0 Å². The molecule has 0 fully saturated rings. The molecule has 1 aromatic carbocycles. The van der Waals surface area contributed by atoms with E-state index in [0.717, 1.165) is 30.5 Å². The van der Waals surface area contributed by atoms with Gasteiger partial charge in [-0.3, -0.25) is 0 Å². The Bertz CT molecular complexity index is 771. The smallest absolute Gasteiger partial charge is 0.338 e. The van der Waals surface area contributed by atoms with Crippen LogP contribution in [0.4, 0.5) is 8.78 Å². The van der Waals surface area contributed by atoms with Crippen molar-refractivity contribution in [3.8, 4) is 0 Å². The van der Waals surface area contributed by atoms with Crippen molar-refractivity contribution in [2.75, 3.05) is 0 Å². The normalized spacial score (nSPS) is 17.8. The van der Waals surface area contributed by atoms with Gasteiger partial charge < -0.3 is 5.11 Å². The number of aryl methyl sites for hydroxylation is 1. The van der Waals surface area contributed by atoms with Crippen molar-refractivity contribution in [3.63, 3.8) is 0 Å². The molecule has 0 amide bonds. The van der Waals surface area contributed by atoms with Gasteiger partial charge in [-0.2, -0.15) is 0 Å². The number of halogens is 2. The minimum Gasteiger partial charge on any atom is -0.478 e. The average molecular weight is 305 g/mol. The fourth-order valence-electron chi connectivity index (χ4n) is 3.16. The Labute approximate surface area is 127 Å². The lowest BCUT2D eigenvalue weighted by Gasteiger charge is -2.27. The van der Waals surface area contributed by atoms with Crippen LogP contribution in [-0.2, 0) is 12.8 Å². The number of hydrogen-bond donors (Lipinski definition) is 1. The lowest BCUT2D eigenvalue weighted by atomic mass is 9.80. The predicted octanol–water partition coefficient (Wildman–Crippen LogP) is 3.97. The Morgan fingerprint density at radius 1 is 1.32 bits per heavy atom. The molecule has 2 aromatic rings. The highest BCUT2D eigenvalue weighted by molar-refractivity contribution is 5.94. The van der Waals surface area contributed by atoms with Crippen molar-refractivity contribution in [1.29, 1.82) is 0 Å². The van der Waals surface area contributed by atoms with Crippen LogP contribution in [0.15, 0.2) is 12.1 Å². The zero-order valence-electron chi connectivity index (χ0n) is 12.5. The van der Waals surface area contributed by atoms with Gasteiger partial charge in [0.2, 0.25) is 0 Å². The Morgan fingerprint density at radius 3 is 2.68 bits per heavy atom. The van der Waals surface area contributed by atoms with Gasteiger partial charge in [0, 0.05) is 11.1 Å². The summed E-state index contributed by atoms with van der Waals surface area (Å²) in [4.78, 5) is 15.3. The van der Waals surface area contributed by atoms with Gasteiger partial charge in [-0.1, -0.05) is 13.8 Å². The largest absolute Gasteiger partial charge is 0.478 e. The zero-order valence-corrected chi connectivity index (χ0v) is 12.5. The molecular weight excluding hydrogens is 288 g/mol. The summed E-state index contributed by atoms with van der Waals surface area (Å²) in [5.41, 5.74) is 1.08. The zero-order chi connectivity index (χ0) is 16.0. The number of benzene rings is 1. The van der Waals surface area contributed by atoms with Gasteiger partial charge in [-0.05, 0) is 48.8 Å². The number of hydrogen-bond acceptors (Lipinski definition) is 2. The first-order valence-electron chi connectivity index (χ1n) is 7.42. The molecule has 0 aliphatic heterocycles. The van der Waals surface area contributed by atoms with Crippen LogP contribution < -0.4 is 0 Å². The fourth-order valence-corrected chi connectivity index (χ4v) is 3.16. The quantitative estimate of drug-likeness (QED) is 0.913. The minimum absolute atomic E-state index is 0.0794. The summed E-state index contributed by atoms with van der Waals surface area (Å²) in [6.45, 7) is 4.34. The van der Waals surface area contributed by atoms with Gasteiger partial charge in [0.1, 0.15) is 5.52 Å². The molecule has 0 radical (unpaired) electrons. The van der Waals surface area contributed by atoms with E-state index in [-0.39, 0.29) is 5.52 Å². The monoisotopic (exact) mass is 305 g/mol. The molecule has 1 unspecified atom stereocenters. The van der Waals surface area contributed by atoms with Crippen molar-refractivity contribution in [3.05, 3.63) is 40.6 Å². The van der Waals surface area contributed by atoms with Crippen molar-refractivity contribution in [2.45, 2.75) is 33.1 Å². The third-order valence-corrected chi connectivity index (χ3v) is 4.56. The van der Waals surface area contributed by atoms with E-state index in [4.69, 9.17) is 5.11 Å². The Kier molecular flexibility index (Phi) is 3.59. The van der Waals surface area contributed by atoms with E-state index in [1.54, 1.807) is 6.07 Å². The summed E-state index contributed by atoms with van der Waals surface area (Å²) in [5.74, 6) is -2.91.